The molecule has 4 nitrogen and oxygen atoms in total. The highest BCUT2D eigenvalue weighted by molar-refractivity contribution is 5.98. The van der Waals surface area contributed by atoms with E-state index in [1.165, 1.54) is 0 Å². The van der Waals surface area contributed by atoms with Gasteiger partial charge in [-0.3, -0.25) is 0 Å². The van der Waals surface area contributed by atoms with Crippen molar-refractivity contribution in [2.75, 3.05) is 6.61 Å². The molecular weight excluding hydrogens is 228 g/mol. The van der Waals surface area contributed by atoms with Crippen LogP contribution in [0.25, 0.3) is 0 Å². The lowest BCUT2D eigenvalue weighted by Gasteiger charge is -2.13. The maximum Gasteiger partial charge on any atom is 0.119 e. The van der Waals surface area contributed by atoms with E-state index in [1.807, 2.05) is 24.3 Å². The fraction of sp³-hybridized carbons (Fsp3) is 0.429. The van der Waals surface area contributed by atoms with Crippen LogP contribution in [0.2, 0.25) is 0 Å². The Labute approximate surface area is 106 Å². The summed E-state index contributed by atoms with van der Waals surface area (Å²) in [5.41, 5.74) is 1.46. The lowest BCUT2D eigenvalue weighted by molar-refractivity contribution is 0.237. The minimum Gasteiger partial charge on any atom is -0.493 e. The van der Waals surface area contributed by atoms with Gasteiger partial charge in [-0.2, -0.15) is 5.26 Å². The van der Waals surface area contributed by atoms with Crippen molar-refractivity contribution in [1.82, 2.24) is 0 Å². The number of nitrogens with zero attached hydrogens (tertiary/aromatic N) is 2. The van der Waals surface area contributed by atoms with Crippen LogP contribution in [0.3, 0.4) is 0 Å². The van der Waals surface area contributed by atoms with E-state index in [1.54, 1.807) is 6.92 Å². The zero-order valence-corrected chi connectivity index (χ0v) is 10.4. The molecule has 0 heterocycles. The number of nitriles is 1. The molecule has 0 amide bonds. The molecule has 0 aliphatic heterocycles. The van der Waals surface area contributed by atoms with E-state index in [0.717, 1.165) is 24.2 Å². The number of hydrogen-bond donors (Lipinski definition) is 1. The van der Waals surface area contributed by atoms with Gasteiger partial charge in [-0.1, -0.05) is 17.3 Å². The van der Waals surface area contributed by atoms with Gasteiger partial charge in [0.1, 0.15) is 5.75 Å². The topological polar surface area (TPSA) is 65.6 Å². The maximum absolute atomic E-state index is 8.74. The van der Waals surface area contributed by atoms with Gasteiger partial charge in [0.05, 0.1) is 18.4 Å². The number of benzene rings is 1. The lowest BCUT2D eigenvalue weighted by atomic mass is 10.1. The Hall–Kier alpha value is -2.02. The molecule has 1 saturated carbocycles. The van der Waals surface area contributed by atoms with Crippen LogP contribution in [-0.4, -0.2) is 17.5 Å². The molecule has 0 aromatic heterocycles. The zero-order valence-electron chi connectivity index (χ0n) is 10.4. The molecule has 1 fully saturated rings. The molecule has 4 heteroatoms. The molecule has 1 aromatic carbocycles. The smallest absolute Gasteiger partial charge is 0.119 e. The second-order valence-corrected chi connectivity index (χ2v) is 4.84. The van der Waals surface area contributed by atoms with E-state index < -0.39 is 0 Å². The highest BCUT2D eigenvalue weighted by Gasteiger charge is 2.43. The first-order chi connectivity index (χ1) is 8.69. The van der Waals surface area contributed by atoms with Gasteiger partial charge in [0.2, 0.25) is 0 Å². The van der Waals surface area contributed by atoms with E-state index in [-0.39, 0.29) is 5.41 Å². The summed E-state index contributed by atoms with van der Waals surface area (Å²) in [4.78, 5) is 0. The normalized spacial score (nSPS) is 17.0. The second kappa shape index (κ2) is 5.09. The monoisotopic (exact) mass is 244 g/mol. The minimum atomic E-state index is 0.0743. The first kappa shape index (κ1) is 12.4. The molecule has 2 rings (SSSR count). The second-order valence-electron chi connectivity index (χ2n) is 4.84. The average Bonchev–Trinajstić information content (AvgIpc) is 3.17. The number of oxime groups is 1. The minimum absolute atomic E-state index is 0.0743. The Morgan fingerprint density at radius 2 is 2.33 bits per heavy atom. The van der Waals surface area contributed by atoms with Crippen molar-refractivity contribution in [3.05, 3.63) is 29.8 Å². The molecule has 1 N–H and O–H groups in total. The molecule has 0 bridgehead atoms. The number of hydrogen-bond acceptors (Lipinski definition) is 4. The van der Waals surface area contributed by atoms with E-state index in [2.05, 4.69) is 11.2 Å². The Morgan fingerprint density at radius 1 is 1.56 bits per heavy atom. The third-order valence-corrected chi connectivity index (χ3v) is 3.36. The van der Waals surface area contributed by atoms with Crippen LogP contribution >= 0.6 is 0 Å². The Morgan fingerprint density at radius 3 is 2.94 bits per heavy atom. The van der Waals surface area contributed by atoms with Gasteiger partial charge >= 0.3 is 0 Å². The summed E-state index contributed by atoms with van der Waals surface area (Å²) < 4.78 is 5.73. The van der Waals surface area contributed by atoms with E-state index >= 15 is 0 Å². The first-order valence-electron chi connectivity index (χ1n) is 5.98. The largest absolute Gasteiger partial charge is 0.493 e. The van der Waals surface area contributed by atoms with Crippen LogP contribution in [0.4, 0.5) is 0 Å². The van der Waals surface area contributed by atoms with Crippen molar-refractivity contribution < 1.29 is 9.94 Å². The molecule has 0 radical (unpaired) electrons. The molecule has 1 aliphatic rings. The van der Waals surface area contributed by atoms with Crippen LogP contribution in [-0.2, 0) is 0 Å². The summed E-state index contributed by atoms with van der Waals surface area (Å²) in [7, 11) is 0. The number of rotatable bonds is 5. The Balaban J connectivity index is 2.00. The molecule has 1 aliphatic carbocycles. The van der Waals surface area contributed by atoms with Crippen molar-refractivity contribution in [3.8, 4) is 11.8 Å². The van der Waals surface area contributed by atoms with Crippen molar-refractivity contribution in [2.45, 2.75) is 26.2 Å². The summed E-state index contributed by atoms with van der Waals surface area (Å²) >= 11 is 0. The Bertz CT molecular complexity index is 499. The highest BCUT2D eigenvalue weighted by atomic mass is 16.5. The van der Waals surface area contributed by atoms with Crippen molar-refractivity contribution >= 4 is 5.71 Å². The average molecular weight is 244 g/mol. The predicted octanol–water partition coefficient (Wildman–Crippen LogP) is 2.96. The third-order valence-electron chi connectivity index (χ3n) is 3.36. The van der Waals surface area contributed by atoms with E-state index in [9.17, 15) is 0 Å². The standard InChI is InChI=1S/C14H16N2O2/c1-11(16-17)12-3-2-4-13(9-12)18-10-14(5-6-14)7-8-15/h2-4,9,17H,5-7,10H2,1H3. The lowest BCUT2D eigenvalue weighted by Crippen LogP contribution is -2.12. The van der Waals surface area contributed by atoms with Crippen LogP contribution in [0.5, 0.6) is 5.75 Å². The summed E-state index contributed by atoms with van der Waals surface area (Å²) in [6, 6.07) is 9.66. The van der Waals surface area contributed by atoms with Crippen molar-refractivity contribution in [2.24, 2.45) is 10.6 Å². The molecule has 0 atom stereocenters. The van der Waals surface area contributed by atoms with Gasteiger partial charge in [0.25, 0.3) is 0 Å². The van der Waals surface area contributed by atoms with Gasteiger partial charge in [-0.15, -0.1) is 0 Å². The quantitative estimate of drug-likeness (QED) is 0.492. The van der Waals surface area contributed by atoms with E-state index in [4.69, 9.17) is 15.2 Å². The molecule has 94 valence electrons. The van der Waals surface area contributed by atoms with Crippen molar-refractivity contribution in [3.63, 3.8) is 0 Å². The maximum atomic E-state index is 8.74. The van der Waals surface area contributed by atoms with Gasteiger partial charge in [0.15, 0.2) is 0 Å². The molecule has 0 spiro atoms. The van der Waals surface area contributed by atoms with Gasteiger partial charge < -0.3 is 9.94 Å². The van der Waals surface area contributed by atoms with Gasteiger partial charge in [-0.05, 0) is 31.9 Å². The predicted molar refractivity (Wildman–Crippen MR) is 67.8 cm³/mol. The van der Waals surface area contributed by atoms with E-state index in [0.29, 0.717) is 18.7 Å². The van der Waals surface area contributed by atoms with Gasteiger partial charge in [-0.25, -0.2) is 0 Å². The van der Waals surface area contributed by atoms with Crippen LogP contribution in [0, 0.1) is 16.7 Å². The summed E-state index contributed by atoms with van der Waals surface area (Å²) in [6.07, 6.45) is 2.69. The fourth-order valence-electron chi connectivity index (χ4n) is 1.82. The summed E-state index contributed by atoms with van der Waals surface area (Å²) in [5, 5.41) is 20.6. The zero-order chi connectivity index (χ0) is 13.0. The number of ether oxygens (including phenoxy) is 1. The highest BCUT2D eigenvalue weighted by Crippen LogP contribution is 2.48. The molecule has 1 aromatic rings. The molecular formula is C14H16N2O2. The molecule has 18 heavy (non-hydrogen) atoms. The van der Waals surface area contributed by atoms with Gasteiger partial charge in [0, 0.05) is 17.4 Å². The van der Waals surface area contributed by atoms with Crippen molar-refractivity contribution in [1.29, 1.82) is 5.26 Å². The van der Waals surface area contributed by atoms with Crippen LogP contribution < -0.4 is 4.74 Å². The van der Waals surface area contributed by atoms with Crippen LogP contribution in [0.15, 0.2) is 29.4 Å². The first-order valence-corrected chi connectivity index (χ1v) is 5.98. The molecule has 0 saturated heterocycles. The SMILES string of the molecule is CC(=NO)c1cccc(OCC2(CC#N)CC2)c1. The summed E-state index contributed by atoms with van der Waals surface area (Å²) in [6.45, 7) is 2.32. The molecule has 0 unspecified atom stereocenters. The fourth-order valence-corrected chi connectivity index (χ4v) is 1.82. The Kier molecular flexibility index (Phi) is 3.52. The third kappa shape index (κ3) is 2.80. The summed E-state index contributed by atoms with van der Waals surface area (Å²) in [5.74, 6) is 0.750. The van der Waals surface area contributed by atoms with Crippen LogP contribution in [0.1, 0.15) is 31.7 Å².